The number of hydrogen-bond donors (Lipinski definition) is 2. The van der Waals surface area contributed by atoms with Gasteiger partial charge < -0.3 is 15.2 Å². The van der Waals surface area contributed by atoms with Gasteiger partial charge in [-0.3, -0.25) is 4.99 Å². The molecule has 1 atom stereocenters. The Morgan fingerprint density at radius 1 is 1.28 bits per heavy atom. The molecule has 0 aliphatic rings. The van der Waals surface area contributed by atoms with Crippen LogP contribution in [0.3, 0.4) is 0 Å². The van der Waals surface area contributed by atoms with Gasteiger partial charge >= 0.3 is 0 Å². The lowest BCUT2D eigenvalue weighted by Crippen LogP contribution is -2.43. The molecule has 0 radical (unpaired) electrons. The van der Waals surface area contributed by atoms with Crippen LogP contribution in [-0.4, -0.2) is 50.6 Å². The average molecular weight is 365 g/mol. The van der Waals surface area contributed by atoms with Gasteiger partial charge in [0.25, 0.3) is 0 Å². The Balaban J connectivity index is 1.74. The summed E-state index contributed by atoms with van der Waals surface area (Å²) in [6.45, 7) is 3.69. The fourth-order valence-corrected chi connectivity index (χ4v) is 3.46. The fraction of sp³-hybridized carbons (Fsp3) is 0.500. The van der Waals surface area contributed by atoms with Gasteiger partial charge in [0.2, 0.25) is 0 Å². The first-order chi connectivity index (χ1) is 11.9. The maximum Gasteiger partial charge on any atom is 0.191 e. The molecule has 138 valence electrons. The van der Waals surface area contributed by atoms with Crippen molar-refractivity contribution in [2.75, 3.05) is 25.6 Å². The van der Waals surface area contributed by atoms with Crippen molar-refractivity contribution >= 4 is 26.7 Å². The minimum Gasteiger partial charge on any atom is -0.356 e. The molecule has 1 heterocycles. The molecular weight excluding hydrogens is 336 g/mol. The molecule has 2 aromatic rings. The number of sulfone groups is 1. The van der Waals surface area contributed by atoms with Crippen LogP contribution < -0.4 is 10.6 Å². The highest BCUT2D eigenvalue weighted by Crippen LogP contribution is 2.15. The standard InChI is InChI=1S/C18H28N4O2S/c1-15(10-14-25(3,23)24)21-18(19-2)20-11-6-12-22-13-9-16-7-4-5-8-17(16)22/h4-5,7-9,13,15H,6,10-12,14H2,1-3H3,(H2,19,20,21). The highest BCUT2D eigenvalue weighted by atomic mass is 32.2. The van der Waals surface area contributed by atoms with E-state index in [9.17, 15) is 8.42 Å². The maximum atomic E-state index is 11.2. The SMILES string of the molecule is CN=C(NCCCn1ccc2ccccc21)NC(C)CCS(C)(=O)=O. The Kier molecular flexibility index (Phi) is 6.87. The van der Waals surface area contributed by atoms with Crippen molar-refractivity contribution in [1.82, 2.24) is 15.2 Å². The Morgan fingerprint density at radius 3 is 2.76 bits per heavy atom. The van der Waals surface area contributed by atoms with Crippen molar-refractivity contribution in [2.24, 2.45) is 4.99 Å². The van der Waals surface area contributed by atoms with Gasteiger partial charge in [0.15, 0.2) is 5.96 Å². The number of nitrogens with zero attached hydrogens (tertiary/aromatic N) is 2. The summed E-state index contributed by atoms with van der Waals surface area (Å²) < 4.78 is 24.7. The number of para-hydroxylation sites is 1. The number of fused-ring (bicyclic) bond motifs is 1. The highest BCUT2D eigenvalue weighted by Gasteiger charge is 2.09. The van der Waals surface area contributed by atoms with E-state index in [1.165, 1.54) is 17.2 Å². The molecule has 1 aromatic carbocycles. The van der Waals surface area contributed by atoms with Crippen LogP contribution in [0.5, 0.6) is 0 Å². The van der Waals surface area contributed by atoms with Gasteiger partial charge in [0, 0.05) is 44.1 Å². The molecule has 25 heavy (non-hydrogen) atoms. The van der Waals surface area contributed by atoms with Crippen LogP contribution >= 0.6 is 0 Å². The van der Waals surface area contributed by atoms with E-state index in [1.54, 1.807) is 7.05 Å². The van der Waals surface area contributed by atoms with Crippen molar-refractivity contribution in [3.05, 3.63) is 36.5 Å². The molecule has 0 saturated carbocycles. The fourth-order valence-electron chi connectivity index (χ4n) is 2.68. The van der Waals surface area contributed by atoms with E-state index in [4.69, 9.17) is 0 Å². The predicted octanol–water partition coefficient (Wildman–Crippen LogP) is 2.02. The van der Waals surface area contributed by atoms with Crippen molar-refractivity contribution < 1.29 is 8.42 Å². The van der Waals surface area contributed by atoms with Crippen molar-refractivity contribution in [1.29, 1.82) is 0 Å². The number of rotatable bonds is 8. The Labute approximate surface area is 150 Å². The summed E-state index contributed by atoms with van der Waals surface area (Å²) in [6, 6.07) is 10.5. The molecule has 0 bridgehead atoms. The summed E-state index contributed by atoms with van der Waals surface area (Å²) >= 11 is 0. The molecule has 0 aliphatic heterocycles. The molecule has 0 amide bonds. The summed E-state index contributed by atoms with van der Waals surface area (Å²) in [5.41, 5.74) is 1.25. The van der Waals surface area contributed by atoms with Crippen LogP contribution in [0.1, 0.15) is 19.8 Å². The van der Waals surface area contributed by atoms with Gasteiger partial charge in [-0.05, 0) is 37.3 Å². The normalized spacial score (nSPS) is 13.8. The molecule has 2 rings (SSSR count). The number of aryl methyl sites for hydroxylation is 1. The maximum absolute atomic E-state index is 11.2. The van der Waals surface area contributed by atoms with Crippen LogP contribution in [0.4, 0.5) is 0 Å². The molecule has 1 aromatic heterocycles. The summed E-state index contributed by atoms with van der Waals surface area (Å²) in [7, 11) is -1.21. The topological polar surface area (TPSA) is 75.5 Å². The summed E-state index contributed by atoms with van der Waals surface area (Å²) in [5.74, 6) is 0.886. The first kappa shape index (κ1) is 19.3. The molecule has 0 saturated heterocycles. The first-order valence-corrected chi connectivity index (χ1v) is 10.6. The highest BCUT2D eigenvalue weighted by molar-refractivity contribution is 7.90. The minimum absolute atomic E-state index is 0.0503. The van der Waals surface area contributed by atoms with Gasteiger partial charge in [-0.25, -0.2) is 8.42 Å². The molecule has 1 unspecified atom stereocenters. The number of guanidine groups is 1. The quantitative estimate of drug-likeness (QED) is 0.427. The summed E-state index contributed by atoms with van der Waals surface area (Å²) in [5, 5.41) is 7.77. The molecule has 0 aliphatic carbocycles. The van der Waals surface area contributed by atoms with Gasteiger partial charge in [0.05, 0.1) is 5.75 Å². The van der Waals surface area contributed by atoms with Crippen LogP contribution in [0, 0.1) is 0 Å². The lowest BCUT2D eigenvalue weighted by Gasteiger charge is -2.17. The smallest absolute Gasteiger partial charge is 0.191 e. The first-order valence-electron chi connectivity index (χ1n) is 8.58. The van der Waals surface area contributed by atoms with Crippen molar-refractivity contribution in [2.45, 2.75) is 32.4 Å². The molecule has 2 N–H and O–H groups in total. The zero-order valence-electron chi connectivity index (χ0n) is 15.2. The van der Waals surface area contributed by atoms with Gasteiger partial charge in [0.1, 0.15) is 9.84 Å². The second kappa shape index (κ2) is 8.89. The van der Waals surface area contributed by atoms with E-state index in [-0.39, 0.29) is 11.8 Å². The van der Waals surface area contributed by atoms with E-state index in [0.717, 1.165) is 19.5 Å². The molecule has 6 nitrogen and oxygen atoms in total. The van der Waals surface area contributed by atoms with Crippen LogP contribution in [-0.2, 0) is 16.4 Å². The molecule has 0 fully saturated rings. The van der Waals surface area contributed by atoms with Crippen LogP contribution in [0.25, 0.3) is 10.9 Å². The van der Waals surface area contributed by atoms with E-state index >= 15 is 0 Å². The van der Waals surface area contributed by atoms with Crippen molar-refractivity contribution in [3.63, 3.8) is 0 Å². The monoisotopic (exact) mass is 364 g/mol. The summed E-state index contributed by atoms with van der Waals surface area (Å²) in [4.78, 5) is 4.20. The third kappa shape index (κ3) is 6.42. The van der Waals surface area contributed by atoms with Gasteiger partial charge in [-0.2, -0.15) is 0 Å². The number of aliphatic imine (C=N–C) groups is 1. The number of nitrogens with one attached hydrogen (secondary N) is 2. The number of hydrogen-bond acceptors (Lipinski definition) is 3. The van der Waals surface area contributed by atoms with E-state index < -0.39 is 9.84 Å². The molecule has 7 heteroatoms. The minimum atomic E-state index is -2.93. The lowest BCUT2D eigenvalue weighted by molar-refractivity contribution is 0.578. The predicted molar refractivity (Wildman–Crippen MR) is 105 cm³/mol. The van der Waals surface area contributed by atoms with E-state index in [1.807, 2.05) is 6.92 Å². The largest absolute Gasteiger partial charge is 0.356 e. The van der Waals surface area contributed by atoms with Crippen LogP contribution in [0.15, 0.2) is 41.5 Å². The molecular formula is C18H28N4O2S. The second-order valence-electron chi connectivity index (χ2n) is 6.38. The van der Waals surface area contributed by atoms with Crippen LogP contribution in [0.2, 0.25) is 0 Å². The van der Waals surface area contributed by atoms with Gasteiger partial charge in [-0.1, -0.05) is 18.2 Å². The number of aromatic nitrogens is 1. The zero-order chi connectivity index (χ0) is 18.3. The zero-order valence-corrected chi connectivity index (χ0v) is 16.0. The Hall–Kier alpha value is -2.02. The van der Waals surface area contributed by atoms with E-state index in [2.05, 4.69) is 56.7 Å². The Bertz CT molecular complexity index is 811. The summed E-state index contributed by atoms with van der Waals surface area (Å²) in [6.07, 6.45) is 4.91. The lowest BCUT2D eigenvalue weighted by atomic mass is 10.2. The number of benzene rings is 1. The molecule has 0 spiro atoms. The van der Waals surface area contributed by atoms with Crippen molar-refractivity contribution in [3.8, 4) is 0 Å². The Morgan fingerprint density at radius 2 is 2.04 bits per heavy atom. The third-order valence-electron chi connectivity index (χ3n) is 4.08. The van der Waals surface area contributed by atoms with E-state index in [0.29, 0.717) is 12.4 Å². The second-order valence-corrected chi connectivity index (χ2v) is 8.64. The average Bonchev–Trinajstić information content (AvgIpc) is 2.98. The third-order valence-corrected chi connectivity index (χ3v) is 5.05. The van der Waals surface area contributed by atoms with Gasteiger partial charge in [-0.15, -0.1) is 0 Å².